The summed E-state index contributed by atoms with van der Waals surface area (Å²) in [6, 6.07) is 6.96. The Hall–Kier alpha value is -0.870. The topological polar surface area (TPSA) is 46.2 Å². The molecule has 1 aromatic carbocycles. The Morgan fingerprint density at radius 3 is 2.31 bits per heavy atom. The minimum atomic E-state index is -2.44. The van der Waals surface area contributed by atoms with Gasteiger partial charge in [0.2, 0.25) is 0 Å². The van der Waals surface area contributed by atoms with E-state index in [4.69, 9.17) is 0 Å². The lowest BCUT2D eigenvalue weighted by Gasteiger charge is -1.99. The van der Waals surface area contributed by atoms with Crippen LogP contribution in [-0.4, -0.2) is 22.0 Å². The minimum absolute atomic E-state index is 0.378. The molecular formula is C9H13NO2S. The number of hydrogen-bond acceptors (Lipinski definition) is 3. The Labute approximate surface area is 79.7 Å². The first-order valence-corrected chi connectivity index (χ1v) is 5.29. The molecule has 0 amide bonds. The lowest BCUT2D eigenvalue weighted by Crippen LogP contribution is -2.10. The first kappa shape index (κ1) is 10.2. The molecule has 13 heavy (non-hydrogen) atoms. The van der Waals surface area contributed by atoms with Gasteiger partial charge in [-0.1, -0.05) is 12.1 Å². The van der Waals surface area contributed by atoms with E-state index in [0.29, 0.717) is 4.90 Å². The van der Waals surface area contributed by atoms with Crippen molar-refractivity contribution in [2.24, 2.45) is 0 Å². The summed E-state index contributed by atoms with van der Waals surface area (Å²) in [5.74, 6) is 0. The number of nitrogens with one attached hydrogen (secondary N) is 1. The molecule has 0 bridgehead atoms. The molecule has 0 radical (unpaired) electrons. The predicted molar refractivity (Wildman–Crippen MR) is 52.7 cm³/mol. The molecule has 0 heterocycles. The minimum Gasteiger partial charge on any atom is -0.319 e. The molecule has 0 saturated heterocycles. The number of rotatable bonds is 4. The molecule has 72 valence electrons. The molecule has 0 aliphatic rings. The van der Waals surface area contributed by atoms with Crippen molar-refractivity contribution >= 4 is 10.7 Å². The Morgan fingerprint density at radius 2 is 1.85 bits per heavy atom. The molecule has 1 rings (SSSR count). The summed E-state index contributed by atoms with van der Waals surface area (Å²) in [7, 11) is -0.545. The van der Waals surface area contributed by atoms with Crippen LogP contribution in [0.4, 0.5) is 0 Å². The summed E-state index contributed by atoms with van der Waals surface area (Å²) < 4.78 is 21.1. The average molecular weight is 199 g/mol. The standard InChI is InChI=1S/C9H13NO2S/c1-10-7-6-8-2-4-9(5-3-8)13(11)12/h2-5,10,13H,6-7H2,1H3. The second-order valence-corrected chi connectivity index (χ2v) is 3.81. The number of thiol groups is 1. The Kier molecular flexibility index (Phi) is 3.92. The van der Waals surface area contributed by atoms with Crippen molar-refractivity contribution in [3.05, 3.63) is 29.8 Å². The monoisotopic (exact) mass is 199 g/mol. The first-order valence-electron chi connectivity index (χ1n) is 4.12. The molecule has 0 fully saturated rings. The molecular weight excluding hydrogens is 186 g/mol. The van der Waals surface area contributed by atoms with E-state index in [0.717, 1.165) is 18.5 Å². The third-order valence-corrected chi connectivity index (χ3v) is 2.53. The van der Waals surface area contributed by atoms with Crippen LogP contribution in [0.2, 0.25) is 0 Å². The van der Waals surface area contributed by atoms with Crippen molar-refractivity contribution in [2.75, 3.05) is 13.6 Å². The fourth-order valence-electron chi connectivity index (χ4n) is 1.05. The average Bonchev–Trinajstić information content (AvgIpc) is 2.15. The smallest absolute Gasteiger partial charge is 0.168 e. The predicted octanol–water partition coefficient (Wildman–Crippen LogP) is 0.419. The van der Waals surface area contributed by atoms with E-state index in [9.17, 15) is 8.42 Å². The molecule has 0 atom stereocenters. The summed E-state index contributed by atoms with van der Waals surface area (Å²) in [6.45, 7) is 0.906. The maximum atomic E-state index is 10.6. The van der Waals surface area contributed by atoms with E-state index in [1.54, 1.807) is 12.1 Å². The maximum Gasteiger partial charge on any atom is 0.168 e. The van der Waals surface area contributed by atoms with Gasteiger partial charge in [0, 0.05) is 0 Å². The van der Waals surface area contributed by atoms with Gasteiger partial charge >= 0.3 is 0 Å². The van der Waals surface area contributed by atoms with Gasteiger partial charge in [0.1, 0.15) is 0 Å². The van der Waals surface area contributed by atoms with Crippen LogP contribution in [-0.2, 0) is 17.1 Å². The Balaban J connectivity index is 2.69. The SMILES string of the molecule is CNCCc1ccc([SH](=O)=O)cc1. The zero-order valence-corrected chi connectivity index (χ0v) is 8.38. The highest BCUT2D eigenvalue weighted by Crippen LogP contribution is 2.05. The fraction of sp³-hybridized carbons (Fsp3) is 0.333. The summed E-state index contributed by atoms with van der Waals surface area (Å²) in [5, 5.41) is 3.03. The molecule has 0 spiro atoms. The lowest BCUT2D eigenvalue weighted by molar-refractivity contribution is 0.614. The fourth-order valence-corrected chi connectivity index (χ4v) is 1.45. The van der Waals surface area contributed by atoms with Gasteiger partial charge in [-0.15, -0.1) is 0 Å². The van der Waals surface area contributed by atoms with Gasteiger partial charge in [-0.05, 0) is 37.7 Å². The van der Waals surface area contributed by atoms with Crippen LogP contribution in [0.3, 0.4) is 0 Å². The molecule has 4 heteroatoms. The Morgan fingerprint density at radius 1 is 1.23 bits per heavy atom. The molecule has 0 saturated carbocycles. The van der Waals surface area contributed by atoms with Crippen molar-refractivity contribution < 1.29 is 8.42 Å². The highest BCUT2D eigenvalue weighted by atomic mass is 32.2. The van der Waals surface area contributed by atoms with Crippen molar-refractivity contribution in [1.29, 1.82) is 0 Å². The van der Waals surface area contributed by atoms with Gasteiger partial charge in [0.25, 0.3) is 0 Å². The zero-order valence-electron chi connectivity index (χ0n) is 7.49. The maximum absolute atomic E-state index is 10.6. The van der Waals surface area contributed by atoms with E-state index in [2.05, 4.69) is 5.32 Å². The van der Waals surface area contributed by atoms with Crippen LogP contribution in [0, 0.1) is 0 Å². The normalized spacial score (nSPS) is 10.6. The van der Waals surface area contributed by atoms with Crippen molar-refractivity contribution in [3.8, 4) is 0 Å². The van der Waals surface area contributed by atoms with Crippen LogP contribution in [0.1, 0.15) is 5.56 Å². The van der Waals surface area contributed by atoms with E-state index < -0.39 is 10.7 Å². The second-order valence-electron chi connectivity index (χ2n) is 2.78. The molecule has 3 nitrogen and oxygen atoms in total. The number of likely N-dealkylation sites (N-methyl/N-ethyl adjacent to an activating group) is 1. The Bertz CT molecular complexity index is 322. The van der Waals surface area contributed by atoms with Crippen molar-refractivity contribution in [2.45, 2.75) is 11.3 Å². The summed E-state index contributed by atoms with van der Waals surface area (Å²) in [4.78, 5) is 0.378. The third-order valence-electron chi connectivity index (χ3n) is 1.81. The molecule has 0 aromatic heterocycles. The second kappa shape index (κ2) is 4.99. The van der Waals surface area contributed by atoms with E-state index >= 15 is 0 Å². The van der Waals surface area contributed by atoms with E-state index in [1.807, 2.05) is 19.2 Å². The largest absolute Gasteiger partial charge is 0.319 e. The van der Waals surface area contributed by atoms with Gasteiger partial charge in [0.15, 0.2) is 10.7 Å². The number of hydrogen-bond donors (Lipinski definition) is 2. The van der Waals surface area contributed by atoms with Crippen LogP contribution < -0.4 is 5.32 Å². The number of benzene rings is 1. The summed E-state index contributed by atoms with van der Waals surface area (Å²) >= 11 is 0. The lowest BCUT2D eigenvalue weighted by atomic mass is 10.1. The van der Waals surface area contributed by atoms with Gasteiger partial charge in [-0.3, -0.25) is 0 Å². The first-order chi connectivity index (χ1) is 6.24. The molecule has 0 aliphatic heterocycles. The van der Waals surface area contributed by atoms with Gasteiger partial charge in [0.05, 0.1) is 4.90 Å². The van der Waals surface area contributed by atoms with Crippen molar-refractivity contribution in [1.82, 2.24) is 5.32 Å². The van der Waals surface area contributed by atoms with Gasteiger partial charge in [-0.25, -0.2) is 8.42 Å². The van der Waals surface area contributed by atoms with Crippen LogP contribution in [0.5, 0.6) is 0 Å². The summed E-state index contributed by atoms with van der Waals surface area (Å²) in [6.07, 6.45) is 0.923. The van der Waals surface area contributed by atoms with Gasteiger partial charge in [-0.2, -0.15) is 0 Å². The van der Waals surface area contributed by atoms with Crippen LogP contribution >= 0.6 is 0 Å². The summed E-state index contributed by atoms with van der Waals surface area (Å²) in [5.41, 5.74) is 1.15. The highest BCUT2D eigenvalue weighted by Gasteiger charge is 1.95. The quantitative estimate of drug-likeness (QED) is 0.691. The zero-order chi connectivity index (χ0) is 9.68. The molecule has 1 aromatic rings. The third kappa shape index (κ3) is 3.16. The van der Waals surface area contributed by atoms with Gasteiger partial charge < -0.3 is 5.32 Å². The molecule has 0 aliphatic carbocycles. The molecule has 0 unspecified atom stereocenters. The van der Waals surface area contributed by atoms with Crippen LogP contribution in [0.25, 0.3) is 0 Å². The van der Waals surface area contributed by atoms with Crippen LogP contribution in [0.15, 0.2) is 29.2 Å². The van der Waals surface area contributed by atoms with Crippen molar-refractivity contribution in [3.63, 3.8) is 0 Å². The molecule has 1 N–H and O–H groups in total. The van der Waals surface area contributed by atoms with E-state index in [-0.39, 0.29) is 0 Å². The highest BCUT2D eigenvalue weighted by molar-refractivity contribution is 7.72. The van der Waals surface area contributed by atoms with E-state index in [1.165, 1.54) is 0 Å².